The van der Waals surface area contributed by atoms with E-state index in [-0.39, 0.29) is 0 Å². The summed E-state index contributed by atoms with van der Waals surface area (Å²) >= 11 is 3.13. The Labute approximate surface area is 155 Å². The van der Waals surface area contributed by atoms with Crippen molar-refractivity contribution in [3.63, 3.8) is 0 Å². The fraction of sp³-hybridized carbons (Fsp3) is 0.333. The Balaban J connectivity index is 0.000000648. The summed E-state index contributed by atoms with van der Waals surface area (Å²) in [7, 11) is 0. The van der Waals surface area contributed by atoms with Crippen LogP contribution in [0.2, 0.25) is 0 Å². The molecule has 0 aliphatic carbocycles. The minimum atomic E-state index is 0.896. The maximum atomic E-state index is 3.43. The van der Waals surface area contributed by atoms with E-state index in [1.165, 1.54) is 11.3 Å². The Morgan fingerprint density at radius 3 is 2.58 bits per heavy atom. The Kier molecular flexibility index (Phi) is 11.8. The first kappa shape index (κ1) is 20.5. The van der Waals surface area contributed by atoms with Gasteiger partial charge in [-0.05, 0) is 24.5 Å². The van der Waals surface area contributed by atoms with Crippen molar-refractivity contribution in [3.05, 3.63) is 84.8 Å². The van der Waals surface area contributed by atoms with E-state index in [2.05, 4.69) is 100 Å². The van der Waals surface area contributed by atoms with Crippen LogP contribution in [0, 0.1) is 0 Å². The third kappa shape index (κ3) is 8.90. The van der Waals surface area contributed by atoms with Crippen LogP contribution in [-0.4, -0.2) is 23.3 Å². The number of halogens is 1. The first-order chi connectivity index (χ1) is 11.8. The SMILES string of the molecule is C=CCBr.CC/C=C/C=C/N(Cc1ccccc1)C1=CCNCC1. The molecule has 2 nitrogen and oxygen atoms in total. The zero-order chi connectivity index (χ0) is 17.5. The molecule has 1 aliphatic rings. The zero-order valence-electron chi connectivity index (χ0n) is 14.6. The van der Waals surface area contributed by atoms with E-state index in [4.69, 9.17) is 0 Å². The van der Waals surface area contributed by atoms with E-state index >= 15 is 0 Å². The molecule has 0 fully saturated rings. The number of hydrogen-bond acceptors (Lipinski definition) is 2. The van der Waals surface area contributed by atoms with Gasteiger partial charge in [-0.25, -0.2) is 0 Å². The van der Waals surface area contributed by atoms with E-state index in [9.17, 15) is 0 Å². The molecule has 1 aromatic rings. The van der Waals surface area contributed by atoms with Crippen molar-refractivity contribution < 1.29 is 0 Å². The average molecular weight is 389 g/mol. The number of nitrogens with zero attached hydrogens (tertiary/aromatic N) is 1. The Morgan fingerprint density at radius 1 is 1.25 bits per heavy atom. The smallest absolute Gasteiger partial charge is 0.0472 e. The van der Waals surface area contributed by atoms with Gasteiger partial charge in [0.05, 0.1) is 0 Å². The molecule has 0 bridgehead atoms. The lowest BCUT2D eigenvalue weighted by Crippen LogP contribution is -2.27. The number of benzene rings is 1. The minimum absolute atomic E-state index is 0.896. The van der Waals surface area contributed by atoms with Gasteiger partial charge in [0.2, 0.25) is 0 Å². The summed E-state index contributed by atoms with van der Waals surface area (Å²) < 4.78 is 0. The molecule has 0 spiro atoms. The first-order valence-corrected chi connectivity index (χ1v) is 9.64. The summed E-state index contributed by atoms with van der Waals surface area (Å²) in [6.07, 6.45) is 14.9. The maximum absolute atomic E-state index is 3.43. The summed E-state index contributed by atoms with van der Waals surface area (Å²) in [5.41, 5.74) is 2.75. The Morgan fingerprint density at radius 2 is 2.00 bits per heavy atom. The summed E-state index contributed by atoms with van der Waals surface area (Å²) in [6, 6.07) is 10.6. The van der Waals surface area contributed by atoms with E-state index in [0.29, 0.717) is 0 Å². The summed E-state index contributed by atoms with van der Waals surface area (Å²) in [4.78, 5) is 2.36. The molecular formula is C21H29BrN2. The highest BCUT2D eigenvalue weighted by Crippen LogP contribution is 2.16. The average Bonchev–Trinajstić information content (AvgIpc) is 2.66. The molecule has 24 heavy (non-hydrogen) atoms. The molecule has 0 saturated heterocycles. The van der Waals surface area contributed by atoms with Gasteiger partial charge in [-0.15, -0.1) is 6.58 Å². The van der Waals surface area contributed by atoms with Crippen LogP contribution in [-0.2, 0) is 6.54 Å². The molecule has 3 heteroatoms. The molecule has 1 aliphatic heterocycles. The molecule has 0 amide bonds. The predicted molar refractivity (Wildman–Crippen MR) is 110 cm³/mol. The van der Waals surface area contributed by atoms with Crippen LogP contribution in [0.3, 0.4) is 0 Å². The standard InChI is InChI=1S/C18H24N2.C3H5Br/c1-2-3-4-8-15-20(18-11-13-19-14-12-18)16-17-9-6-5-7-10-17;1-2-3-4/h3-11,15,19H,2,12-14,16H2,1H3;2H,1,3H2/b4-3+,15-8+;. The molecular weight excluding hydrogens is 360 g/mol. The molecule has 2 rings (SSSR count). The molecule has 130 valence electrons. The topological polar surface area (TPSA) is 15.3 Å². The van der Waals surface area contributed by atoms with Gasteiger partial charge in [0.15, 0.2) is 0 Å². The summed E-state index contributed by atoms with van der Waals surface area (Å²) in [5, 5.41) is 4.26. The summed E-state index contributed by atoms with van der Waals surface area (Å²) in [6.45, 7) is 8.56. The Hall–Kier alpha value is -1.58. The number of nitrogens with one attached hydrogen (secondary N) is 1. The number of allylic oxidation sites excluding steroid dienone is 4. The van der Waals surface area contributed by atoms with Crippen LogP contribution < -0.4 is 5.32 Å². The Bertz CT molecular complexity index is 532. The highest BCUT2D eigenvalue weighted by atomic mass is 79.9. The van der Waals surface area contributed by atoms with E-state index in [1.807, 2.05) is 0 Å². The van der Waals surface area contributed by atoms with Gasteiger partial charge in [0.25, 0.3) is 0 Å². The molecule has 0 aromatic heterocycles. The van der Waals surface area contributed by atoms with Crippen molar-refractivity contribution in [1.29, 1.82) is 0 Å². The lowest BCUT2D eigenvalue weighted by atomic mass is 10.1. The van der Waals surface area contributed by atoms with Gasteiger partial charge < -0.3 is 10.2 Å². The number of hydrogen-bond donors (Lipinski definition) is 1. The lowest BCUT2D eigenvalue weighted by molar-refractivity contribution is 0.424. The predicted octanol–water partition coefficient (Wildman–Crippen LogP) is 5.41. The van der Waals surface area contributed by atoms with Crippen molar-refractivity contribution in [3.8, 4) is 0 Å². The van der Waals surface area contributed by atoms with Crippen molar-refractivity contribution in [2.45, 2.75) is 26.3 Å². The molecule has 0 atom stereocenters. The molecule has 0 saturated carbocycles. The van der Waals surface area contributed by atoms with Crippen molar-refractivity contribution >= 4 is 15.9 Å². The zero-order valence-corrected chi connectivity index (χ0v) is 16.2. The first-order valence-electron chi connectivity index (χ1n) is 8.52. The van der Waals surface area contributed by atoms with Crippen LogP contribution in [0.4, 0.5) is 0 Å². The molecule has 1 heterocycles. The highest BCUT2D eigenvalue weighted by molar-refractivity contribution is 9.09. The van der Waals surface area contributed by atoms with E-state index in [0.717, 1.165) is 37.8 Å². The summed E-state index contributed by atoms with van der Waals surface area (Å²) in [5.74, 6) is 0. The monoisotopic (exact) mass is 388 g/mol. The van der Waals surface area contributed by atoms with Gasteiger partial charge in [-0.1, -0.05) is 77.5 Å². The third-order valence-corrected chi connectivity index (χ3v) is 3.92. The van der Waals surface area contributed by atoms with Crippen LogP contribution in [0.15, 0.2) is 79.2 Å². The van der Waals surface area contributed by atoms with Gasteiger partial charge in [-0.3, -0.25) is 0 Å². The van der Waals surface area contributed by atoms with Crippen LogP contribution in [0.5, 0.6) is 0 Å². The fourth-order valence-electron chi connectivity index (χ4n) is 2.27. The van der Waals surface area contributed by atoms with Gasteiger partial charge in [0, 0.05) is 36.9 Å². The van der Waals surface area contributed by atoms with Crippen molar-refractivity contribution in [2.75, 3.05) is 18.4 Å². The van der Waals surface area contributed by atoms with Gasteiger partial charge >= 0.3 is 0 Å². The van der Waals surface area contributed by atoms with Crippen LogP contribution in [0.25, 0.3) is 0 Å². The third-order valence-electron chi connectivity index (χ3n) is 3.46. The second-order valence-electron chi connectivity index (χ2n) is 5.38. The molecule has 1 aromatic carbocycles. The number of alkyl halides is 1. The van der Waals surface area contributed by atoms with Crippen LogP contribution in [0.1, 0.15) is 25.3 Å². The van der Waals surface area contributed by atoms with Gasteiger partial charge in [-0.2, -0.15) is 0 Å². The quantitative estimate of drug-likeness (QED) is 0.381. The maximum Gasteiger partial charge on any atom is 0.0472 e. The fourth-order valence-corrected chi connectivity index (χ4v) is 2.27. The largest absolute Gasteiger partial charge is 0.347 e. The number of rotatable bonds is 7. The second-order valence-corrected chi connectivity index (χ2v) is 6.03. The van der Waals surface area contributed by atoms with Gasteiger partial charge in [0.1, 0.15) is 0 Å². The normalized spacial score (nSPS) is 14.2. The highest BCUT2D eigenvalue weighted by Gasteiger charge is 2.09. The second kappa shape index (κ2) is 13.8. The van der Waals surface area contributed by atoms with Crippen molar-refractivity contribution in [1.82, 2.24) is 10.2 Å². The van der Waals surface area contributed by atoms with E-state index in [1.54, 1.807) is 6.08 Å². The lowest BCUT2D eigenvalue weighted by Gasteiger charge is -2.26. The van der Waals surface area contributed by atoms with E-state index < -0.39 is 0 Å². The molecule has 1 N–H and O–H groups in total. The van der Waals surface area contributed by atoms with Crippen molar-refractivity contribution in [2.24, 2.45) is 0 Å². The molecule has 0 unspecified atom stereocenters. The van der Waals surface area contributed by atoms with Crippen LogP contribution >= 0.6 is 15.9 Å². The molecule has 0 radical (unpaired) electrons. The minimum Gasteiger partial charge on any atom is -0.347 e.